The van der Waals surface area contributed by atoms with E-state index in [9.17, 15) is 4.79 Å². The molecule has 0 bridgehead atoms. The average Bonchev–Trinajstić information content (AvgIpc) is 3.55. The molecule has 2 aliphatic heterocycles. The highest BCUT2D eigenvalue weighted by Gasteiger charge is 2.33. The first-order valence-electron chi connectivity index (χ1n) is 11.7. The molecule has 1 saturated heterocycles. The molecule has 0 spiro atoms. The Morgan fingerprint density at radius 2 is 1.94 bits per heavy atom. The summed E-state index contributed by atoms with van der Waals surface area (Å²) in [5.74, 6) is 0.826. The van der Waals surface area contributed by atoms with Crippen molar-refractivity contribution >= 4 is 36.0 Å². The predicted molar refractivity (Wildman–Crippen MR) is 144 cm³/mol. The van der Waals surface area contributed by atoms with Gasteiger partial charge in [0.05, 0.1) is 6.26 Å². The summed E-state index contributed by atoms with van der Waals surface area (Å²) < 4.78 is 5.26. The van der Waals surface area contributed by atoms with Crippen LogP contribution in [-0.2, 0) is 4.79 Å². The van der Waals surface area contributed by atoms with E-state index in [4.69, 9.17) is 4.42 Å². The van der Waals surface area contributed by atoms with Gasteiger partial charge < -0.3 is 14.2 Å². The van der Waals surface area contributed by atoms with Crippen LogP contribution < -0.4 is 5.43 Å². The smallest absolute Gasteiger partial charge is 0.270 e. The zero-order valence-electron chi connectivity index (χ0n) is 19.7. The maximum Gasteiger partial charge on any atom is 0.270 e. The highest BCUT2D eigenvalue weighted by atomic mass is 32.2. The fourth-order valence-corrected chi connectivity index (χ4v) is 4.84. The maximum atomic E-state index is 13.3. The van der Waals surface area contributed by atoms with Gasteiger partial charge in [-0.25, -0.2) is 0 Å². The standard InChI is InChI=1S/C27H31N5O2S/c1-2-15-32-25(22-35-27(32)29-28-14-6-12-24-13-8-21-34-24)26(33)31-19-17-30(18-20-31)16-7-11-23-9-4-3-5-10-23/h2-14,21-22,27,29H,1,15-20H2/b11-7+,12-6+,28-14+. The van der Waals surface area contributed by atoms with Crippen LogP contribution in [-0.4, -0.2) is 71.6 Å². The molecular weight excluding hydrogens is 458 g/mol. The van der Waals surface area contributed by atoms with Crippen LogP contribution in [0.1, 0.15) is 11.3 Å². The molecular formula is C27H31N5O2S. The van der Waals surface area contributed by atoms with Crippen LogP contribution >= 0.6 is 11.8 Å². The van der Waals surface area contributed by atoms with Crippen LogP contribution in [0.25, 0.3) is 12.2 Å². The van der Waals surface area contributed by atoms with E-state index in [2.05, 4.69) is 46.3 Å². The number of nitrogens with one attached hydrogen (secondary N) is 1. The number of allylic oxidation sites excluding steroid dienone is 1. The third-order valence-corrected chi connectivity index (χ3v) is 6.71. The molecule has 4 rings (SSSR count). The van der Waals surface area contributed by atoms with E-state index in [-0.39, 0.29) is 11.4 Å². The van der Waals surface area contributed by atoms with Crippen molar-refractivity contribution in [3.63, 3.8) is 0 Å². The molecule has 1 atom stereocenters. The fraction of sp³-hybridized carbons (Fsp3) is 0.259. The van der Waals surface area contributed by atoms with E-state index in [0.717, 1.165) is 38.5 Å². The Morgan fingerprint density at radius 3 is 2.69 bits per heavy atom. The van der Waals surface area contributed by atoms with Crippen LogP contribution in [0, 0.1) is 0 Å². The SMILES string of the molecule is C=CCN1C(C(=O)N2CCN(C/C=C/c3ccccc3)CC2)=CSC1N/N=C/C=C/c1ccco1. The average molecular weight is 490 g/mol. The zero-order chi connectivity index (χ0) is 24.3. The van der Waals surface area contributed by atoms with Crippen molar-refractivity contribution in [3.05, 3.63) is 96.0 Å². The lowest BCUT2D eigenvalue weighted by Crippen LogP contribution is -2.51. The van der Waals surface area contributed by atoms with Crippen LogP contribution in [0.3, 0.4) is 0 Å². The van der Waals surface area contributed by atoms with Crippen molar-refractivity contribution in [2.45, 2.75) is 5.50 Å². The van der Waals surface area contributed by atoms with Crippen molar-refractivity contribution in [3.8, 4) is 0 Å². The van der Waals surface area contributed by atoms with Gasteiger partial charge >= 0.3 is 0 Å². The number of hydrogen-bond donors (Lipinski definition) is 1. The lowest BCUT2D eigenvalue weighted by atomic mass is 10.2. The lowest BCUT2D eigenvalue weighted by molar-refractivity contribution is -0.130. The molecule has 3 heterocycles. The van der Waals surface area contributed by atoms with Gasteiger partial charge in [0.1, 0.15) is 11.5 Å². The summed E-state index contributed by atoms with van der Waals surface area (Å²) >= 11 is 1.54. The number of amides is 1. The van der Waals surface area contributed by atoms with Crippen LogP contribution in [0.5, 0.6) is 0 Å². The minimum absolute atomic E-state index is 0.0600. The molecule has 0 aliphatic carbocycles. The van der Waals surface area contributed by atoms with Gasteiger partial charge in [-0.3, -0.25) is 15.1 Å². The van der Waals surface area contributed by atoms with Gasteiger partial charge in [-0.05, 0) is 29.8 Å². The van der Waals surface area contributed by atoms with Crippen molar-refractivity contribution in [1.82, 2.24) is 20.1 Å². The third-order valence-electron chi connectivity index (χ3n) is 5.73. The molecule has 1 amide bonds. The molecule has 1 fully saturated rings. The van der Waals surface area contributed by atoms with Gasteiger partial charge in [0.15, 0.2) is 5.50 Å². The number of benzene rings is 1. The minimum Gasteiger partial charge on any atom is -0.465 e. The first-order chi connectivity index (χ1) is 17.2. The Labute approximate surface area is 211 Å². The van der Waals surface area contributed by atoms with Crippen molar-refractivity contribution < 1.29 is 9.21 Å². The summed E-state index contributed by atoms with van der Waals surface area (Å²) in [4.78, 5) is 19.6. The van der Waals surface area contributed by atoms with E-state index < -0.39 is 0 Å². The summed E-state index contributed by atoms with van der Waals surface area (Å²) in [6.07, 6.45) is 13.1. The number of hydrazone groups is 1. The highest BCUT2D eigenvalue weighted by Crippen LogP contribution is 2.30. The summed E-state index contributed by atoms with van der Waals surface area (Å²) in [5, 5.41) is 6.20. The van der Waals surface area contributed by atoms with Crippen LogP contribution in [0.2, 0.25) is 0 Å². The first kappa shape index (κ1) is 24.6. The molecule has 0 radical (unpaired) electrons. The quantitative estimate of drug-likeness (QED) is 0.308. The number of thioether (sulfide) groups is 1. The van der Waals surface area contributed by atoms with Crippen LogP contribution in [0.15, 0.2) is 94.2 Å². The Hall–Kier alpha value is -3.49. The topological polar surface area (TPSA) is 64.3 Å². The Morgan fingerprint density at radius 1 is 1.11 bits per heavy atom. The van der Waals surface area contributed by atoms with Gasteiger partial charge in [-0.1, -0.05) is 60.3 Å². The number of rotatable bonds is 10. The maximum absolute atomic E-state index is 13.3. The second-order valence-corrected chi connectivity index (χ2v) is 9.07. The summed E-state index contributed by atoms with van der Waals surface area (Å²) in [5.41, 5.74) is 4.85. The fourth-order valence-electron chi connectivity index (χ4n) is 3.87. The number of nitrogens with zero attached hydrogens (tertiary/aromatic N) is 4. The molecule has 0 saturated carbocycles. The van der Waals surface area contributed by atoms with E-state index in [0.29, 0.717) is 12.2 Å². The second-order valence-electron chi connectivity index (χ2n) is 8.12. The molecule has 1 aromatic heterocycles. The number of carbonyl (C=O) groups excluding carboxylic acids is 1. The molecule has 1 N–H and O–H groups in total. The van der Waals surface area contributed by atoms with E-state index in [1.165, 1.54) is 17.3 Å². The molecule has 2 aliphatic rings. The van der Waals surface area contributed by atoms with Crippen LogP contribution in [0.4, 0.5) is 0 Å². The molecule has 2 aromatic rings. The molecule has 7 nitrogen and oxygen atoms in total. The number of piperazine rings is 1. The normalized spacial score (nSPS) is 19.2. The predicted octanol–water partition coefficient (Wildman–Crippen LogP) is 4.09. The molecule has 1 unspecified atom stereocenters. The Balaban J connectivity index is 1.25. The van der Waals surface area contributed by atoms with Gasteiger partial charge in [0.2, 0.25) is 0 Å². The molecule has 35 heavy (non-hydrogen) atoms. The third kappa shape index (κ3) is 7.00. The second kappa shape index (κ2) is 12.8. The summed E-state index contributed by atoms with van der Waals surface area (Å²) in [7, 11) is 0. The number of carbonyl (C=O) groups is 1. The number of furan rings is 1. The zero-order valence-corrected chi connectivity index (χ0v) is 20.5. The van der Waals surface area contributed by atoms with Crippen molar-refractivity contribution in [1.29, 1.82) is 0 Å². The first-order valence-corrected chi connectivity index (χ1v) is 12.6. The molecule has 182 valence electrons. The summed E-state index contributed by atoms with van der Waals surface area (Å²) in [6, 6.07) is 14.0. The Kier molecular flexibility index (Phi) is 9.03. The molecule has 8 heteroatoms. The summed E-state index contributed by atoms with van der Waals surface area (Å²) in [6.45, 7) is 8.46. The van der Waals surface area contributed by atoms with Gasteiger partial charge in [0.25, 0.3) is 5.91 Å². The van der Waals surface area contributed by atoms with Crippen molar-refractivity contribution in [2.24, 2.45) is 5.10 Å². The van der Waals surface area contributed by atoms with E-state index in [1.807, 2.05) is 51.6 Å². The lowest BCUT2D eigenvalue weighted by Gasteiger charge is -2.36. The number of hydrogen-bond acceptors (Lipinski definition) is 7. The van der Waals surface area contributed by atoms with Crippen molar-refractivity contribution in [2.75, 3.05) is 39.3 Å². The minimum atomic E-state index is -0.162. The van der Waals surface area contributed by atoms with Gasteiger partial charge in [-0.2, -0.15) is 5.10 Å². The van der Waals surface area contributed by atoms with Gasteiger partial charge in [0, 0.05) is 50.9 Å². The Bertz CT molecular complexity index is 1070. The monoisotopic (exact) mass is 489 g/mol. The molecule has 1 aromatic carbocycles. The largest absolute Gasteiger partial charge is 0.465 e. The highest BCUT2D eigenvalue weighted by molar-refractivity contribution is 8.02. The van der Waals surface area contributed by atoms with E-state index in [1.54, 1.807) is 24.6 Å². The van der Waals surface area contributed by atoms with E-state index >= 15 is 0 Å². The van der Waals surface area contributed by atoms with Gasteiger partial charge in [-0.15, -0.1) is 6.58 Å².